The van der Waals surface area contributed by atoms with Crippen molar-refractivity contribution in [3.8, 4) is 17.6 Å². The maximum atomic E-state index is 9.39. The Bertz CT molecular complexity index is 570. The monoisotopic (exact) mass is 239 g/mol. The average molecular weight is 239 g/mol. The summed E-state index contributed by atoms with van der Waals surface area (Å²) in [5, 5.41) is 27.8. The topological polar surface area (TPSA) is 64.2 Å². The van der Waals surface area contributed by atoms with Gasteiger partial charge in [-0.05, 0) is 41.8 Å². The first-order valence-electron chi connectivity index (χ1n) is 5.65. The number of rotatable bonds is 3. The van der Waals surface area contributed by atoms with E-state index in [-0.39, 0.29) is 17.4 Å². The number of aromatic hydroxyl groups is 2. The molecule has 0 spiro atoms. The number of hydrogen-bond donors (Lipinski definition) is 2. The van der Waals surface area contributed by atoms with Gasteiger partial charge in [0.15, 0.2) is 0 Å². The first-order valence-corrected chi connectivity index (χ1v) is 5.65. The molecule has 0 aliphatic heterocycles. The van der Waals surface area contributed by atoms with Gasteiger partial charge in [0.2, 0.25) is 0 Å². The van der Waals surface area contributed by atoms with Crippen LogP contribution < -0.4 is 0 Å². The second-order valence-corrected chi connectivity index (χ2v) is 4.15. The molecule has 3 heteroatoms. The molecule has 1 atom stereocenters. The molecular formula is C15H13NO2. The van der Waals surface area contributed by atoms with E-state index < -0.39 is 0 Å². The molecule has 3 nitrogen and oxygen atoms in total. The molecule has 0 bridgehead atoms. The van der Waals surface area contributed by atoms with Crippen molar-refractivity contribution in [2.45, 2.75) is 12.3 Å². The Labute approximate surface area is 106 Å². The predicted molar refractivity (Wildman–Crippen MR) is 68.3 cm³/mol. The van der Waals surface area contributed by atoms with Crippen LogP contribution in [-0.4, -0.2) is 10.2 Å². The summed E-state index contributed by atoms with van der Waals surface area (Å²) in [6.07, 6.45) is 0.537. The van der Waals surface area contributed by atoms with Crippen molar-refractivity contribution in [1.29, 1.82) is 5.26 Å². The van der Waals surface area contributed by atoms with E-state index in [0.29, 0.717) is 6.42 Å². The Kier molecular flexibility index (Phi) is 3.49. The van der Waals surface area contributed by atoms with Gasteiger partial charge in [-0.1, -0.05) is 24.3 Å². The lowest BCUT2D eigenvalue weighted by molar-refractivity contribution is 0.474. The lowest BCUT2D eigenvalue weighted by Gasteiger charge is -2.10. The van der Waals surface area contributed by atoms with Crippen molar-refractivity contribution in [2.24, 2.45) is 0 Å². The van der Waals surface area contributed by atoms with Crippen LogP contribution in [0.2, 0.25) is 0 Å². The zero-order chi connectivity index (χ0) is 13.0. The van der Waals surface area contributed by atoms with Crippen LogP contribution >= 0.6 is 0 Å². The van der Waals surface area contributed by atoms with Gasteiger partial charge < -0.3 is 10.2 Å². The minimum Gasteiger partial charge on any atom is -0.508 e. The highest BCUT2D eigenvalue weighted by molar-refractivity contribution is 5.34. The second kappa shape index (κ2) is 5.24. The van der Waals surface area contributed by atoms with Crippen LogP contribution in [-0.2, 0) is 6.42 Å². The Morgan fingerprint density at radius 3 is 2.33 bits per heavy atom. The fraction of sp³-hybridized carbons (Fsp3) is 0.133. The number of hydrogen-bond acceptors (Lipinski definition) is 3. The lowest BCUT2D eigenvalue weighted by atomic mass is 9.93. The van der Waals surface area contributed by atoms with Crippen LogP contribution in [0.5, 0.6) is 11.5 Å². The van der Waals surface area contributed by atoms with Crippen LogP contribution in [0.4, 0.5) is 0 Å². The molecular weight excluding hydrogens is 226 g/mol. The first kappa shape index (κ1) is 12.0. The van der Waals surface area contributed by atoms with Crippen LogP contribution in [0.1, 0.15) is 17.0 Å². The fourth-order valence-electron chi connectivity index (χ4n) is 1.86. The van der Waals surface area contributed by atoms with Gasteiger partial charge in [-0.3, -0.25) is 0 Å². The number of phenolic OH excluding ortho intramolecular Hbond substituents is 2. The standard InChI is InChI=1S/C15H13NO2/c16-10-13(12-4-6-14(17)7-5-12)8-11-2-1-3-15(18)9-11/h1-7,9,13,17-18H,8H2/t13-/m1/s1. The summed E-state index contributed by atoms with van der Waals surface area (Å²) in [7, 11) is 0. The van der Waals surface area contributed by atoms with Gasteiger partial charge in [-0.25, -0.2) is 0 Å². The number of nitriles is 1. The molecule has 0 saturated heterocycles. The van der Waals surface area contributed by atoms with E-state index >= 15 is 0 Å². The summed E-state index contributed by atoms with van der Waals surface area (Å²) >= 11 is 0. The van der Waals surface area contributed by atoms with Crippen molar-refractivity contribution >= 4 is 0 Å². The van der Waals surface area contributed by atoms with E-state index in [1.54, 1.807) is 42.5 Å². The van der Waals surface area contributed by atoms with E-state index in [4.69, 9.17) is 0 Å². The van der Waals surface area contributed by atoms with Crippen LogP contribution in [0, 0.1) is 11.3 Å². The highest BCUT2D eigenvalue weighted by Gasteiger charge is 2.11. The second-order valence-electron chi connectivity index (χ2n) is 4.15. The van der Waals surface area contributed by atoms with Gasteiger partial charge in [-0.15, -0.1) is 0 Å². The Morgan fingerprint density at radius 2 is 1.72 bits per heavy atom. The van der Waals surface area contributed by atoms with Crippen LogP contribution in [0.3, 0.4) is 0 Å². The normalized spacial score (nSPS) is 11.7. The summed E-state index contributed by atoms with van der Waals surface area (Å²) in [6.45, 7) is 0. The van der Waals surface area contributed by atoms with Gasteiger partial charge in [-0.2, -0.15) is 5.26 Å². The zero-order valence-corrected chi connectivity index (χ0v) is 9.74. The molecule has 2 aromatic carbocycles. The molecule has 2 aromatic rings. The number of benzene rings is 2. The number of phenols is 2. The Hall–Kier alpha value is -2.47. The molecule has 0 amide bonds. The van der Waals surface area contributed by atoms with E-state index in [1.807, 2.05) is 6.07 Å². The molecule has 0 saturated carbocycles. The summed E-state index contributed by atoms with van der Waals surface area (Å²) in [4.78, 5) is 0. The fourth-order valence-corrected chi connectivity index (χ4v) is 1.86. The van der Waals surface area contributed by atoms with Gasteiger partial charge in [0, 0.05) is 0 Å². The summed E-state index contributed by atoms with van der Waals surface area (Å²) < 4.78 is 0. The molecule has 18 heavy (non-hydrogen) atoms. The van der Waals surface area contributed by atoms with Crippen molar-refractivity contribution in [3.63, 3.8) is 0 Å². The quantitative estimate of drug-likeness (QED) is 0.865. The van der Waals surface area contributed by atoms with E-state index in [1.165, 1.54) is 0 Å². The van der Waals surface area contributed by atoms with Crippen molar-refractivity contribution in [1.82, 2.24) is 0 Å². The zero-order valence-electron chi connectivity index (χ0n) is 9.74. The Morgan fingerprint density at radius 1 is 1.00 bits per heavy atom. The van der Waals surface area contributed by atoms with Crippen molar-refractivity contribution in [3.05, 3.63) is 59.7 Å². The molecule has 0 aromatic heterocycles. The third-order valence-corrected chi connectivity index (χ3v) is 2.80. The minimum atomic E-state index is -0.285. The van der Waals surface area contributed by atoms with Crippen molar-refractivity contribution < 1.29 is 10.2 Å². The summed E-state index contributed by atoms with van der Waals surface area (Å²) in [5.41, 5.74) is 1.77. The van der Waals surface area contributed by atoms with Gasteiger partial charge in [0.25, 0.3) is 0 Å². The van der Waals surface area contributed by atoms with Gasteiger partial charge >= 0.3 is 0 Å². The molecule has 0 aliphatic carbocycles. The van der Waals surface area contributed by atoms with Gasteiger partial charge in [0.05, 0.1) is 12.0 Å². The summed E-state index contributed by atoms with van der Waals surface area (Å²) in [6, 6.07) is 15.8. The van der Waals surface area contributed by atoms with Crippen LogP contribution in [0.15, 0.2) is 48.5 Å². The number of nitrogens with zero attached hydrogens (tertiary/aromatic N) is 1. The molecule has 0 fully saturated rings. The highest BCUT2D eigenvalue weighted by Crippen LogP contribution is 2.23. The predicted octanol–water partition coefficient (Wildman–Crippen LogP) is 2.95. The smallest absolute Gasteiger partial charge is 0.115 e. The highest BCUT2D eigenvalue weighted by atomic mass is 16.3. The molecule has 90 valence electrons. The van der Waals surface area contributed by atoms with E-state index in [9.17, 15) is 15.5 Å². The SMILES string of the molecule is N#C[C@@H](Cc1cccc(O)c1)c1ccc(O)cc1. The molecule has 0 unspecified atom stereocenters. The molecule has 2 rings (SSSR count). The third kappa shape index (κ3) is 2.80. The third-order valence-electron chi connectivity index (χ3n) is 2.80. The summed E-state index contributed by atoms with van der Waals surface area (Å²) in [5.74, 6) is 0.107. The van der Waals surface area contributed by atoms with E-state index in [0.717, 1.165) is 11.1 Å². The molecule has 2 N–H and O–H groups in total. The lowest BCUT2D eigenvalue weighted by Crippen LogP contribution is -2.00. The molecule has 0 radical (unpaired) electrons. The first-order chi connectivity index (χ1) is 8.69. The minimum absolute atomic E-state index is 0.188. The van der Waals surface area contributed by atoms with E-state index in [2.05, 4.69) is 6.07 Å². The maximum absolute atomic E-state index is 9.39. The van der Waals surface area contributed by atoms with Crippen molar-refractivity contribution in [2.75, 3.05) is 0 Å². The molecule has 0 heterocycles. The average Bonchev–Trinajstić information content (AvgIpc) is 2.37. The molecule has 0 aliphatic rings. The Balaban J connectivity index is 2.20. The largest absolute Gasteiger partial charge is 0.508 e. The van der Waals surface area contributed by atoms with Gasteiger partial charge in [0.1, 0.15) is 11.5 Å². The van der Waals surface area contributed by atoms with Crippen LogP contribution in [0.25, 0.3) is 0 Å². The maximum Gasteiger partial charge on any atom is 0.115 e.